The molecular formula is C13H21NO4. The van der Waals surface area contributed by atoms with Crippen molar-refractivity contribution in [3.63, 3.8) is 0 Å². The Kier molecular flexibility index (Phi) is 6.91. The van der Waals surface area contributed by atoms with Gasteiger partial charge in [0, 0.05) is 13.0 Å². The predicted octanol–water partition coefficient (Wildman–Crippen LogP) is 2.47. The first-order valence-electron chi connectivity index (χ1n) is 6.50. The van der Waals surface area contributed by atoms with Gasteiger partial charge in [0.2, 0.25) is 0 Å². The third kappa shape index (κ3) is 6.93. The van der Waals surface area contributed by atoms with Crippen LogP contribution >= 0.6 is 0 Å². The van der Waals surface area contributed by atoms with E-state index < -0.39 is 12.1 Å². The van der Waals surface area contributed by atoms with Crippen molar-refractivity contribution in [2.24, 2.45) is 0 Å². The predicted molar refractivity (Wildman–Crippen MR) is 67.4 cm³/mol. The molecule has 0 radical (unpaired) electrons. The fourth-order valence-electron chi connectivity index (χ4n) is 1.87. The number of nitrogens with one attached hydrogen (secondary N) is 1. The number of carboxylic acid groups (broad SMARTS) is 1. The quantitative estimate of drug-likeness (QED) is 0.584. The number of carbonyl (C=O) groups excluding carboxylic acids is 1. The molecule has 0 unspecified atom stereocenters. The number of rotatable bonds is 5. The van der Waals surface area contributed by atoms with Gasteiger partial charge in [0.15, 0.2) is 0 Å². The molecule has 0 fully saturated rings. The Balaban J connectivity index is 2.14. The van der Waals surface area contributed by atoms with Crippen LogP contribution in [-0.2, 0) is 9.53 Å². The van der Waals surface area contributed by atoms with E-state index in [1.807, 2.05) is 0 Å². The number of amides is 1. The van der Waals surface area contributed by atoms with Gasteiger partial charge in [-0.05, 0) is 38.5 Å². The first kappa shape index (κ1) is 14.5. The average molecular weight is 255 g/mol. The SMILES string of the molecule is O=C(O)CCCNC(=O)O[C@H]1CCC=CCCC1. The van der Waals surface area contributed by atoms with E-state index in [0.717, 1.165) is 32.1 Å². The molecule has 102 valence electrons. The summed E-state index contributed by atoms with van der Waals surface area (Å²) in [5, 5.41) is 11.0. The zero-order valence-electron chi connectivity index (χ0n) is 10.6. The van der Waals surface area contributed by atoms with Crippen LogP contribution in [0, 0.1) is 0 Å². The van der Waals surface area contributed by atoms with E-state index in [-0.39, 0.29) is 12.5 Å². The largest absolute Gasteiger partial charge is 0.481 e. The minimum atomic E-state index is -0.850. The van der Waals surface area contributed by atoms with E-state index in [2.05, 4.69) is 17.5 Å². The number of allylic oxidation sites excluding steroid dienone is 2. The van der Waals surface area contributed by atoms with Gasteiger partial charge >= 0.3 is 12.1 Å². The molecule has 1 aliphatic carbocycles. The molecule has 1 rings (SSSR count). The van der Waals surface area contributed by atoms with E-state index in [0.29, 0.717) is 13.0 Å². The van der Waals surface area contributed by atoms with Crippen LogP contribution in [0.15, 0.2) is 12.2 Å². The molecule has 0 heterocycles. The molecule has 0 aliphatic heterocycles. The van der Waals surface area contributed by atoms with Gasteiger partial charge in [-0.25, -0.2) is 4.79 Å². The number of aliphatic carboxylic acids is 1. The van der Waals surface area contributed by atoms with Crippen LogP contribution < -0.4 is 5.32 Å². The Labute approximate surface area is 107 Å². The summed E-state index contributed by atoms with van der Waals surface area (Å²) in [5.41, 5.74) is 0. The van der Waals surface area contributed by atoms with Crippen LogP contribution in [0.2, 0.25) is 0 Å². The molecule has 0 aromatic carbocycles. The van der Waals surface area contributed by atoms with E-state index in [1.54, 1.807) is 0 Å². The fourth-order valence-corrected chi connectivity index (χ4v) is 1.87. The third-order valence-electron chi connectivity index (χ3n) is 2.83. The summed E-state index contributed by atoms with van der Waals surface area (Å²) in [7, 11) is 0. The van der Waals surface area contributed by atoms with Gasteiger partial charge in [0.05, 0.1) is 0 Å². The lowest BCUT2D eigenvalue weighted by Gasteiger charge is -2.18. The highest BCUT2D eigenvalue weighted by atomic mass is 16.6. The molecule has 0 spiro atoms. The maximum absolute atomic E-state index is 11.5. The highest BCUT2D eigenvalue weighted by Crippen LogP contribution is 2.15. The second-order valence-electron chi connectivity index (χ2n) is 4.43. The zero-order chi connectivity index (χ0) is 13.2. The average Bonchev–Trinajstić information content (AvgIpc) is 2.28. The van der Waals surface area contributed by atoms with Crippen molar-refractivity contribution in [3.8, 4) is 0 Å². The van der Waals surface area contributed by atoms with Crippen molar-refractivity contribution < 1.29 is 19.4 Å². The molecule has 0 bridgehead atoms. The Morgan fingerprint density at radius 1 is 1.28 bits per heavy atom. The Hall–Kier alpha value is -1.52. The van der Waals surface area contributed by atoms with E-state index >= 15 is 0 Å². The van der Waals surface area contributed by atoms with Crippen molar-refractivity contribution >= 4 is 12.1 Å². The van der Waals surface area contributed by atoms with Gasteiger partial charge < -0.3 is 15.2 Å². The van der Waals surface area contributed by atoms with Crippen LogP contribution in [0.5, 0.6) is 0 Å². The molecule has 5 heteroatoms. The van der Waals surface area contributed by atoms with Crippen LogP contribution in [0.25, 0.3) is 0 Å². The topological polar surface area (TPSA) is 75.6 Å². The first-order chi connectivity index (χ1) is 8.68. The fraction of sp³-hybridized carbons (Fsp3) is 0.692. The summed E-state index contributed by atoms with van der Waals surface area (Å²) < 4.78 is 5.30. The number of ether oxygens (including phenoxy) is 1. The molecule has 1 aliphatic rings. The molecular weight excluding hydrogens is 234 g/mol. The normalized spacial score (nSPS) is 19.7. The highest BCUT2D eigenvalue weighted by Gasteiger charge is 2.14. The van der Waals surface area contributed by atoms with Crippen molar-refractivity contribution in [1.82, 2.24) is 5.32 Å². The van der Waals surface area contributed by atoms with Crippen molar-refractivity contribution in [3.05, 3.63) is 12.2 Å². The molecule has 1 atom stereocenters. The van der Waals surface area contributed by atoms with Gasteiger partial charge in [-0.2, -0.15) is 0 Å². The second kappa shape index (κ2) is 8.55. The van der Waals surface area contributed by atoms with Crippen molar-refractivity contribution in [2.45, 2.75) is 51.0 Å². The monoisotopic (exact) mass is 255 g/mol. The van der Waals surface area contributed by atoms with Crippen LogP contribution in [0.3, 0.4) is 0 Å². The Bertz CT molecular complexity index is 301. The lowest BCUT2D eigenvalue weighted by atomic mass is 10.0. The molecule has 0 aromatic rings. The number of hydrogen-bond donors (Lipinski definition) is 2. The molecule has 0 aromatic heterocycles. The van der Waals surface area contributed by atoms with Gasteiger partial charge in [0.1, 0.15) is 6.10 Å². The highest BCUT2D eigenvalue weighted by molar-refractivity contribution is 5.68. The minimum absolute atomic E-state index is 0.0191. The molecule has 1 amide bonds. The summed E-state index contributed by atoms with van der Waals surface area (Å²) in [6, 6.07) is 0. The standard InChI is InChI=1S/C13H21NO4/c15-12(16)9-6-10-14-13(17)18-11-7-4-2-1-3-5-8-11/h1-2,11H,3-10H2,(H,14,17)(H,15,16)/t11-/m0/s1. The van der Waals surface area contributed by atoms with E-state index in [4.69, 9.17) is 9.84 Å². The summed E-state index contributed by atoms with van der Waals surface area (Å²) in [4.78, 5) is 21.7. The van der Waals surface area contributed by atoms with Gasteiger partial charge in [-0.3, -0.25) is 4.79 Å². The van der Waals surface area contributed by atoms with E-state index in [9.17, 15) is 9.59 Å². The summed E-state index contributed by atoms with van der Waals surface area (Å²) in [6.45, 7) is 0.345. The van der Waals surface area contributed by atoms with Crippen LogP contribution in [0.4, 0.5) is 4.79 Å². The number of hydrogen-bond acceptors (Lipinski definition) is 3. The van der Waals surface area contributed by atoms with Gasteiger partial charge in [0.25, 0.3) is 0 Å². The first-order valence-corrected chi connectivity index (χ1v) is 6.50. The number of alkyl carbamates (subject to hydrolysis) is 1. The molecule has 0 saturated carbocycles. The Morgan fingerprint density at radius 2 is 2.06 bits per heavy atom. The Morgan fingerprint density at radius 3 is 2.83 bits per heavy atom. The molecule has 18 heavy (non-hydrogen) atoms. The summed E-state index contributed by atoms with van der Waals surface area (Å²) in [6.07, 6.45) is 9.11. The maximum atomic E-state index is 11.5. The van der Waals surface area contributed by atoms with Crippen LogP contribution in [-0.4, -0.2) is 29.8 Å². The zero-order valence-corrected chi connectivity index (χ0v) is 10.6. The van der Waals surface area contributed by atoms with Crippen molar-refractivity contribution in [2.75, 3.05) is 6.54 Å². The minimum Gasteiger partial charge on any atom is -0.481 e. The van der Waals surface area contributed by atoms with E-state index in [1.165, 1.54) is 0 Å². The third-order valence-corrected chi connectivity index (χ3v) is 2.83. The molecule has 5 nitrogen and oxygen atoms in total. The second-order valence-corrected chi connectivity index (χ2v) is 4.43. The smallest absolute Gasteiger partial charge is 0.407 e. The summed E-state index contributed by atoms with van der Waals surface area (Å²) in [5.74, 6) is -0.850. The van der Waals surface area contributed by atoms with Crippen molar-refractivity contribution in [1.29, 1.82) is 0 Å². The summed E-state index contributed by atoms with van der Waals surface area (Å²) >= 11 is 0. The van der Waals surface area contributed by atoms with Crippen LogP contribution in [0.1, 0.15) is 44.9 Å². The van der Waals surface area contributed by atoms with Gasteiger partial charge in [-0.15, -0.1) is 0 Å². The number of carbonyl (C=O) groups is 2. The number of carboxylic acids is 1. The maximum Gasteiger partial charge on any atom is 0.407 e. The lowest BCUT2D eigenvalue weighted by molar-refractivity contribution is -0.137. The molecule has 2 N–H and O–H groups in total. The molecule has 0 saturated heterocycles. The van der Waals surface area contributed by atoms with Gasteiger partial charge in [-0.1, -0.05) is 12.2 Å². The lowest BCUT2D eigenvalue weighted by Crippen LogP contribution is -2.30.